The molecule has 2 radical (unpaired) electrons. The number of benzene rings is 2. The fraction of sp³-hybridized carbons (Fsp3) is 0.143. The van der Waals surface area contributed by atoms with Gasteiger partial charge in [0.05, 0.1) is 0 Å². The van der Waals surface area contributed by atoms with Crippen LogP contribution in [0.1, 0.15) is 11.1 Å². The summed E-state index contributed by atoms with van der Waals surface area (Å²) in [6.07, 6.45) is 0. The van der Waals surface area contributed by atoms with Crippen LogP contribution in [0.3, 0.4) is 0 Å². The van der Waals surface area contributed by atoms with Gasteiger partial charge in [0, 0.05) is 0 Å². The fourth-order valence-corrected chi connectivity index (χ4v) is 5.03. The van der Waals surface area contributed by atoms with E-state index in [0.29, 0.717) is 0 Å². The van der Waals surface area contributed by atoms with E-state index >= 15 is 0 Å². The summed E-state index contributed by atoms with van der Waals surface area (Å²) in [5, 5.41) is 0. The molecule has 0 heterocycles. The topological polar surface area (TPSA) is 63.0 Å². The van der Waals surface area contributed by atoms with E-state index in [4.69, 9.17) is 0 Å². The van der Waals surface area contributed by atoms with Gasteiger partial charge in [-0.15, -0.1) is 0 Å². The molecule has 0 bridgehead atoms. The zero-order valence-electron chi connectivity index (χ0n) is 10.1. The van der Waals surface area contributed by atoms with E-state index in [9.17, 15) is 0 Å². The Balaban J connectivity index is 0.00000128. The molecule has 0 aliphatic heterocycles. The van der Waals surface area contributed by atoms with Gasteiger partial charge >= 0.3 is 102 Å². The van der Waals surface area contributed by atoms with Gasteiger partial charge in [-0.3, -0.25) is 0 Å². The van der Waals surface area contributed by atoms with Crippen molar-refractivity contribution in [2.75, 3.05) is 0 Å². The third-order valence-corrected chi connectivity index (χ3v) is 7.30. The molecular weight excluding hydrogens is 319 g/mol. The SMILES string of the molecule is Cc1cccc[c]1[Sn][c]1ccccc1C.O.O. The summed E-state index contributed by atoms with van der Waals surface area (Å²) < 4.78 is 3.19. The second-order valence-corrected chi connectivity index (χ2v) is 7.54. The molecule has 0 amide bonds. The predicted molar refractivity (Wildman–Crippen MR) is 74.6 cm³/mol. The number of rotatable bonds is 2. The van der Waals surface area contributed by atoms with Crippen LogP contribution in [-0.4, -0.2) is 32.1 Å². The number of hydrogen-bond acceptors (Lipinski definition) is 0. The Bertz CT molecular complexity index is 426. The molecule has 0 fully saturated rings. The minimum absolute atomic E-state index is 0. The van der Waals surface area contributed by atoms with Crippen LogP contribution in [0.4, 0.5) is 0 Å². The maximum atomic E-state index is 2.29. The molecule has 2 aromatic carbocycles. The number of hydrogen-bond donors (Lipinski definition) is 0. The molecule has 17 heavy (non-hydrogen) atoms. The van der Waals surface area contributed by atoms with Gasteiger partial charge in [0.25, 0.3) is 0 Å². The molecule has 0 aliphatic rings. The van der Waals surface area contributed by atoms with Gasteiger partial charge in [0.15, 0.2) is 0 Å². The summed E-state index contributed by atoms with van der Waals surface area (Å²) in [6, 6.07) is 17.6. The molecule has 0 aliphatic carbocycles. The van der Waals surface area contributed by atoms with E-state index in [1.54, 1.807) is 7.16 Å². The molecule has 0 spiro atoms. The van der Waals surface area contributed by atoms with E-state index in [1.807, 2.05) is 0 Å². The molecule has 0 atom stereocenters. The molecule has 0 aromatic heterocycles. The largest absolute Gasteiger partial charge is 0.412 e. The summed E-state index contributed by atoms with van der Waals surface area (Å²) in [5.74, 6) is 0. The van der Waals surface area contributed by atoms with Crippen molar-refractivity contribution >= 4 is 28.3 Å². The van der Waals surface area contributed by atoms with Crippen LogP contribution in [0.15, 0.2) is 48.5 Å². The molecule has 2 rings (SSSR count). The molecule has 0 saturated carbocycles. The Labute approximate surface area is 113 Å². The summed E-state index contributed by atoms with van der Waals surface area (Å²) in [5.41, 5.74) is 2.90. The average molecular weight is 337 g/mol. The Morgan fingerprint density at radius 2 is 1.00 bits per heavy atom. The van der Waals surface area contributed by atoms with Gasteiger partial charge < -0.3 is 11.0 Å². The summed E-state index contributed by atoms with van der Waals surface area (Å²) in [6.45, 7) is 4.43. The van der Waals surface area contributed by atoms with Crippen molar-refractivity contribution in [3.8, 4) is 0 Å². The van der Waals surface area contributed by atoms with Crippen LogP contribution in [-0.2, 0) is 0 Å². The van der Waals surface area contributed by atoms with E-state index in [0.717, 1.165) is 0 Å². The minimum atomic E-state index is -0.591. The van der Waals surface area contributed by atoms with Crippen molar-refractivity contribution < 1.29 is 11.0 Å². The van der Waals surface area contributed by atoms with Crippen molar-refractivity contribution in [1.29, 1.82) is 0 Å². The molecule has 0 saturated heterocycles. The van der Waals surface area contributed by atoms with Crippen LogP contribution in [0.5, 0.6) is 0 Å². The van der Waals surface area contributed by atoms with Crippen LogP contribution >= 0.6 is 0 Å². The van der Waals surface area contributed by atoms with Crippen LogP contribution < -0.4 is 7.16 Å². The van der Waals surface area contributed by atoms with Crippen LogP contribution in [0, 0.1) is 13.8 Å². The number of aryl methyl sites for hydroxylation is 2. The maximum absolute atomic E-state index is 2.29. The normalized spacial score (nSPS) is 9.06. The molecule has 0 unspecified atom stereocenters. The van der Waals surface area contributed by atoms with Gasteiger partial charge in [-0.05, 0) is 0 Å². The van der Waals surface area contributed by atoms with Crippen molar-refractivity contribution in [3.63, 3.8) is 0 Å². The summed E-state index contributed by atoms with van der Waals surface area (Å²) >= 11 is -0.591. The summed E-state index contributed by atoms with van der Waals surface area (Å²) in [4.78, 5) is 0. The molecule has 2 aromatic rings. The monoisotopic (exact) mass is 338 g/mol. The van der Waals surface area contributed by atoms with E-state index in [1.165, 1.54) is 11.1 Å². The van der Waals surface area contributed by atoms with Gasteiger partial charge in [0.1, 0.15) is 0 Å². The minimum Gasteiger partial charge on any atom is -0.412 e. The second-order valence-electron chi connectivity index (χ2n) is 3.75. The molecule has 4 N–H and O–H groups in total. The zero-order valence-corrected chi connectivity index (χ0v) is 13.0. The van der Waals surface area contributed by atoms with E-state index in [-0.39, 0.29) is 11.0 Å². The summed E-state index contributed by atoms with van der Waals surface area (Å²) in [7, 11) is 0. The Morgan fingerprint density at radius 3 is 1.35 bits per heavy atom. The van der Waals surface area contributed by atoms with Crippen molar-refractivity contribution in [3.05, 3.63) is 59.7 Å². The zero-order chi connectivity index (χ0) is 10.7. The van der Waals surface area contributed by atoms with E-state index in [2.05, 4.69) is 62.4 Å². The molecule has 3 heteroatoms. The van der Waals surface area contributed by atoms with E-state index < -0.39 is 21.1 Å². The Hall–Kier alpha value is -0.841. The third-order valence-electron chi connectivity index (χ3n) is 2.56. The van der Waals surface area contributed by atoms with Crippen LogP contribution in [0.25, 0.3) is 0 Å². The van der Waals surface area contributed by atoms with Crippen molar-refractivity contribution in [2.24, 2.45) is 0 Å². The first-order chi connectivity index (χ1) is 7.27. The standard InChI is InChI=1S/2C7H7.2H2O.Sn/c2*1-7-5-3-2-4-6-7;;;/h2*2-5H,1H3;2*1H2;. The molecular formula is C14H18O2Sn. The third kappa shape index (κ3) is 4.15. The van der Waals surface area contributed by atoms with Gasteiger partial charge in [0.2, 0.25) is 0 Å². The maximum Gasteiger partial charge on any atom is -0.412 e. The Morgan fingerprint density at radius 1 is 0.647 bits per heavy atom. The first-order valence-electron chi connectivity index (χ1n) is 5.15. The van der Waals surface area contributed by atoms with Gasteiger partial charge in [-0.2, -0.15) is 0 Å². The first kappa shape index (κ1) is 16.2. The fourth-order valence-electron chi connectivity index (χ4n) is 1.57. The first-order valence-corrected chi connectivity index (χ1v) is 8.01. The second kappa shape index (κ2) is 7.48. The van der Waals surface area contributed by atoms with Crippen LogP contribution in [0.2, 0.25) is 0 Å². The molecule has 90 valence electrons. The van der Waals surface area contributed by atoms with Gasteiger partial charge in [-0.25, -0.2) is 0 Å². The van der Waals surface area contributed by atoms with Crippen molar-refractivity contribution in [2.45, 2.75) is 13.8 Å². The van der Waals surface area contributed by atoms with Crippen molar-refractivity contribution in [1.82, 2.24) is 0 Å². The Kier molecular flexibility index (Phi) is 7.11. The predicted octanol–water partition coefficient (Wildman–Crippen LogP) is 0.309. The quantitative estimate of drug-likeness (QED) is 0.709. The smallest absolute Gasteiger partial charge is 0.412 e. The molecule has 2 nitrogen and oxygen atoms in total. The average Bonchev–Trinajstić information content (AvgIpc) is 2.24. The van der Waals surface area contributed by atoms with Gasteiger partial charge in [-0.1, -0.05) is 0 Å².